The molecular weight excluding hydrogens is 393 g/mol. The SMILES string of the molecule is Cc1nc2ccccc2c(C)c1C(=O)OC(C)C(=O)Nc1ccc(F)c([N+](=O)[O-])c1. The van der Waals surface area contributed by atoms with E-state index in [1.54, 1.807) is 13.8 Å². The number of aryl methyl sites for hydroxylation is 2. The van der Waals surface area contributed by atoms with Gasteiger partial charge in [0.15, 0.2) is 6.10 Å². The molecule has 1 N–H and O–H groups in total. The van der Waals surface area contributed by atoms with Gasteiger partial charge in [0.2, 0.25) is 5.82 Å². The Kier molecular flexibility index (Phi) is 5.72. The number of carbonyl (C=O) groups excluding carboxylic acids is 2. The number of nitrogens with one attached hydrogen (secondary N) is 1. The van der Waals surface area contributed by atoms with E-state index >= 15 is 0 Å². The predicted molar refractivity (Wildman–Crippen MR) is 108 cm³/mol. The number of nitrogens with zero attached hydrogens (tertiary/aromatic N) is 2. The Bertz CT molecular complexity index is 1180. The molecule has 0 saturated heterocycles. The smallest absolute Gasteiger partial charge is 0.341 e. The maximum Gasteiger partial charge on any atom is 0.341 e. The summed E-state index contributed by atoms with van der Waals surface area (Å²) in [6, 6.07) is 10.3. The summed E-state index contributed by atoms with van der Waals surface area (Å²) in [6.45, 7) is 4.82. The van der Waals surface area contributed by atoms with Gasteiger partial charge in [0.05, 0.1) is 21.7 Å². The van der Waals surface area contributed by atoms with E-state index < -0.39 is 34.4 Å². The van der Waals surface area contributed by atoms with Crippen LogP contribution in [0, 0.1) is 29.8 Å². The Morgan fingerprint density at radius 3 is 2.60 bits per heavy atom. The summed E-state index contributed by atoms with van der Waals surface area (Å²) in [5, 5.41) is 14.0. The van der Waals surface area contributed by atoms with E-state index in [0.717, 1.165) is 23.0 Å². The van der Waals surface area contributed by atoms with Gasteiger partial charge in [-0.3, -0.25) is 19.9 Å². The number of halogens is 1. The number of nitro groups is 1. The van der Waals surface area contributed by atoms with Crippen LogP contribution in [0.1, 0.15) is 28.5 Å². The fourth-order valence-electron chi connectivity index (χ4n) is 3.08. The van der Waals surface area contributed by atoms with Crippen molar-refractivity contribution in [3.8, 4) is 0 Å². The monoisotopic (exact) mass is 411 g/mol. The van der Waals surface area contributed by atoms with Crippen LogP contribution in [0.25, 0.3) is 10.9 Å². The molecule has 154 valence electrons. The number of rotatable bonds is 5. The van der Waals surface area contributed by atoms with Crippen molar-refractivity contribution < 1.29 is 23.6 Å². The molecule has 1 atom stereocenters. The molecule has 0 radical (unpaired) electrons. The Balaban J connectivity index is 1.78. The molecule has 1 aromatic heterocycles. The number of hydrogen-bond acceptors (Lipinski definition) is 6. The molecule has 3 aromatic rings. The van der Waals surface area contributed by atoms with Crippen LogP contribution >= 0.6 is 0 Å². The third-order valence-corrected chi connectivity index (χ3v) is 4.60. The largest absolute Gasteiger partial charge is 0.449 e. The van der Waals surface area contributed by atoms with Gasteiger partial charge in [0.25, 0.3) is 5.91 Å². The third kappa shape index (κ3) is 4.09. The van der Waals surface area contributed by atoms with E-state index in [9.17, 15) is 24.1 Å². The molecule has 1 heterocycles. The van der Waals surface area contributed by atoms with Gasteiger partial charge in [0.1, 0.15) is 0 Å². The van der Waals surface area contributed by atoms with Gasteiger partial charge in [-0.2, -0.15) is 4.39 Å². The van der Waals surface area contributed by atoms with E-state index in [1.807, 2.05) is 24.3 Å². The van der Waals surface area contributed by atoms with Gasteiger partial charge in [-0.1, -0.05) is 18.2 Å². The fourth-order valence-corrected chi connectivity index (χ4v) is 3.08. The van der Waals surface area contributed by atoms with E-state index in [1.165, 1.54) is 13.0 Å². The zero-order chi connectivity index (χ0) is 22.0. The van der Waals surface area contributed by atoms with Crippen LogP contribution in [0.15, 0.2) is 42.5 Å². The molecule has 0 bridgehead atoms. The van der Waals surface area contributed by atoms with Crippen LogP contribution in [0.2, 0.25) is 0 Å². The molecule has 0 saturated carbocycles. The first-order valence-corrected chi connectivity index (χ1v) is 9.00. The number of esters is 1. The van der Waals surface area contributed by atoms with Crippen LogP contribution in [-0.2, 0) is 9.53 Å². The number of pyridine rings is 1. The average molecular weight is 411 g/mol. The van der Waals surface area contributed by atoms with E-state index in [-0.39, 0.29) is 11.3 Å². The Hall–Kier alpha value is -3.88. The summed E-state index contributed by atoms with van der Waals surface area (Å²) in [7, 11) is 0. The molecule has 9 heteroatoms. The molecule has 2 aromatic carbocycles. The molecule has 0 aliphatic rings. The first-order valence-electron chi connectivity index (χ1n) is 9.00. The molecule has 1 amide bonds. The topological polar surface area (TPSA) is 111 Å². The number of nitro benzene ring substituents is 1. The van der Waals surface area contributed by atoms with Crippen molar-refractivity contribution in [3.05, 3.63) is 75.2 Å². The number of hydrogen-bond donors (Lipinski definition) is 1. The highest BCUT2D eigenvalue weighted by Crippen LogP contribution is 2.24. The minimum Gasteiger partial charge on any atom is -0.449 e. The van der Waals surface area contributed by atoms with Gasteiger partial charge in [-0.05, 0) is 44.5 Å². The molecule has 0 aliphatic heterocycles. The first-order chi connectivity index (χ1) is 14.2. The summed E-state index contributed by atoms with van der Waals surface area (Å²) < 4.78 is 18.7. The van der Waals surface area contributed by atoms with Gasteiger partial charge >= 0.3 is 11.7 Å². The van der Waals surface area contributed by atoms with Crippen molar-refractivity contribution in [2.24, 2.45) is 0 Å². The minimum atomic E-state index is -1.20. The molecule has 8 nitrogen and oxygen atoms in total. The van der Waals surface area contributed by atoms with E-state index in [2.05, 4.69) is 10.3 Å². The number of fused-ring (bicyclic) bond motifs is 1. The Labute approximate surface area is 170 Å². The summed E-state index contributed by atoms with van der Waals surface area (Å²) in [6.07, 6.45) is -1.20. The minimum absolute atomic E-state index is 0.00994. The van der Waals surface area contributed by atoms with Crippen molar-refractivity contribution in [3.63, 3.8) is 0 Å². The highest BCUT2D eigenvalue weighted by Gasteiger charge is 2.24. The molecule has 0 spiro atoms. The second-order valence-corrected chi connectivity index (χ2v) is 6.67. The highest BCUT2D eigenvalue weighted by atomic mass is 19.1. The Morgan fingerprint density at radius 1 is 1.20 bits per heavy atom. The molecule has 0 aliphatic carbocycles. The molecule has 1 unspecified atom stereocenters. The number of ether oxygens (including phenoxy) is 1. The van der Waals surface area contributed by atoms with E-state index in [4.69, 9.17) is 4.74 Å². The quantitative estimate of drug-likeness (QED) is 0.385. The van der Waals surface area contributed by atoms with Crippen LogP contribution in [0.5, 0.6) is 0 Å². The highest BCUT2D eigenvalue weighted by molar-refractivity contribution is 6.01. The third-order valence-electron chi connectivity index (χ3n) is 4.60. The Morgan fingerprint density at radius 2 is 1.90 bits per heavy atom. The summed E-state index contributed by atoms with van der Waals surface area (Å²) in [4.78, 5) is 39.4. The maximum atomic E-state index is 13.4. The molecular formula is C21H18FN3O5. The summed E-state index contributed by atoms with van der Waals surface area (Å²) in [5.41, 5.74) is 1.41. The second kappa shape index (κ2) is 8.24. The van der Waals surface area contributed by atoms with Gasteiger partial charge in [-0.25, -0.2) is 4.79 Å². The molecule has 3 rings (SSSR count). The number of benzene rings is 2. The standard InChI is InChI=1S/C21H18FN3O5/c1-11-15-6-4-5-7-17(15)23-12(2)19(11)21(27)30-13(3)20(26)24-14-8-9-16(22)18(10-14)25(28)29/h4-10,13H,1-3H3,(H,24,26). The first kappa shape index (κ1) is 20.8. The lowest BCUT2D eigenvalue weighted by Gasteiger charge is -2.16. The van der Waals surface area contributed by atoms with Gasteiger partial charge < -0.3 is 10.1 Å². The number of aromatic nitrogens is 1. The molecule has 30 heavy (non-hydrogen) atoms. The molecule has 0 fully saturated rings. The zero-order valence-electron chi connectivity index (χ0n) is 16.4. The van der Waals surface area contributed by atoms with Crippen LogP contribution in [0.3, 0.4) is 0 Å². The normalized spacial score (nSPS) is 11.7. The lowest BCUT2D eigenvalue weighted by Crippen LogP contribution is -2.30. The van der Waals surface area contributed by atoms with Gasteiger partial charge in [-0.15, -0.1) is 0 Å². The van der Waals surface area contributed by atoms with Crippen LogP contribution in [0.4, 0.5) is 15.8 Å². The average Bonchev–Trinajstić information content (AvgIpc) is 2.69. The van der Waals surface area contributed by atoms with Crippen LogP contribution < -0.4 is 5.32 Å². The maximum absolute atomic E-state index is 13.4. The van der Waals surface area contributed by atoms with Crippen molar-refractivity contribution in [2.45, 2.75) is 26.9 Å². The number of amides is 1. The lowest BCUT2D eigenvalue weighted by molar-refractivity contribution is -0.387. The fraction of sp³-hybridized carbons (Fsp3) is 0.190. The van der Waals surface area contributed by atoms with Crippen LogP contribution in [-0.4, -0.2) is 27.9 Å². The number of para-hydroxylation sites is 1. The predicted octanol–water partition coefficient (Wildman–Crippen LogP) is 4.08. The summed E-state index contributed by atoms with van der Waals surface area (Å²) >= 11 is 0. The van der Waals surface area contributed by atoms with Crippen molar-refractivity contribution in [2.75, 3.05) is 5.32 Å². The number of anilines is 1. The summed E-state index contributed by atoms with van der Waals surface area (Å²) in [5.74, 6) is -2.45. The zero-order valence-corrected chi connectivity index (χ0v) is 16.4. The van der Waals surface area contributed by atoms with Crippen molar-refractivity contribution >= 4 is 34.2 Å². The van der Waals surface area contributed by atoms with Crippen molar-refractivity contribution in [1.82, 2.24) is 4.98 Å². The van der Waals surface area contributed by atoms with Crippen molar-refractivity contribution in [1.29, 1.82) is 0 Å². The van der Waals surface area contributed by atoms with Gasteiger partial charge in [0, 0.05) is 17.1 Å². The lowest BCUT2D eigenvalue weighted by atomic mass is 10.0. The second-order valence-electron chi connectivity index (χ2n) is 6.67. The van der Waals surface area contributed by atoms with E-state index in [0.29, 0.717) is 11.3 Å². The number of carbonyl (C=O) groups is 2.